The monoisotopic (exact) mass is 211 g/mol. The number of hydrogen-bond acceptors (Lipinski definition) is 3. The van der Waals surface area contributed by atoms with Crippen LogP contribution in [0.2, 0.25) is 0 Å². The van der Waals surface area contributed by atoms with E-state index in [1.165, 1.54) is 0 Å². The summed E-state index contributed by atoms with van der Waals surface area (Å²) in [5.74, 6) is 0.968. The maximum absolute atomic E-state index is 10.9. The van der Waals surface area contributed by atoms with E-state index >= 15 is 0 Å². The molecule has 0 saturated heterocycles. The average Bonchev–Trinajstić information content (AvgIpc) is 2.21. The molecule has 0 aromatic rings. The molecule has 4 heteroatoms. The zero-order chi connectivity index (χ0) is 11.8. The van der Waals surface area contributed by atoms with E-state index in [0.29, 0.717) is 5.57 Å². The molecule has 0 radical (unpaired) electrons. The highest BCUT2D eigenvalue weighted by atomic mass is 16.1. The molecule has 0 heterocycles. The van der Waals surface area contributed by atoms with Gasteiger partial charge in [-0.3, -0.25) is 4.79 Å². The summed E-state index contributed by atoms with van der Waals surface area (Å²) in [5, 5.41) is 3.07. The van der Waals surface area contributed by atoms with Crippen LogP contribution >= 0.6 is 0 Å². The number of ketones is 1. The fraction of sp³-hybridized carbons (Fsp3) is 0.636. The number of carbonyl (C=O) groups is 1. The molecule has 0 amide bonds. The van der Waals surface area contributed by atoms with E-state index in [-0.39, 0.29) is 5.78 Å². The van der Waals surface area contributed by atoms with Crippen molar-refractivity contribution in [3.05, 3.63) is 11.8 Å². The summed E-state index contributed by atoms with van der Waals surface area (Å²) in [5.41, 5.74) is 0.677. The zero-order valence-corrected chi connectivity index (χ0v) is 10.3. The van der Waals surface area contributed by atoms with E-state index in [1.807, 2.05) is 25.9 Å². The van der Waals surface area contributed by atoms with Crippen LogP contribution in [0.5, 0.6) is 0 Å². The quantitative estimate of drug-likeness (QED) is 0.420. The number of hydrogen-bond donors (Lipinski definition) is 1. The van der Waals surface area contributed by atoms with Gasteiger partial charge in [-0.25, -0.2) is 4.99 Å². The predicted molar refractivity (Wildman–Crippen MR) is 64.1 cm³/mol. The molecule has 0 aliphatic heterocycles. The molecule has 0 spiro atoms. The summed E-state index contributed by atoms with van der Waals surface area (Å²) < 4.78 is 0. The summed E-state index contributed by atoms with van der Waals surface area (Å²) in [6.45, 7) is 7.06. The van der Waals surface area contributed by atoms with Crippen molar-refractivity contribution in [2.45, 2.75) is 20.8 Å². The lowest BCUT2D eigenvalue weighted by Crippen LogP contribution is -2.31. The van der Waals surface area contributed by atoms with E-state index in [1.54, 1.807) is 20.0 Å². The van der Waals surface area contributed by atoms with Crippen molar-refractivity contribution in [2.24, 2.45) is 4.99 Å². The first kappa shape index (κ1) is 13.8. The summed E-state index contributed by atoms with van der Waals surface area (Å²) in [6.07, 6.45) is 1.62. The van der Waals surface area contributed by atoms with Crippen LogP contribution in [0, 0.1) is 0 Å². The highest BCUT2D eigenvalue weighted by Crippen LogP contribution is 1.96. The third-order valence-corrected chi connectivity index (χ3v) is 2.25. The average molecular weight is 211 g/mol. The number of nitrogens with one attached hydrogen (secondary N) is 1. The Bertz CT molecular complexity index is 269. The molecule has 15 heavy (non-hydrogen) atoms. The van der Waals surface area contributed by atoms with E-state index < -0.39 is 0 Å². The van der Waals surface area contributed by atoms with Crippen LogP contribution < -0.4 is 5.32 Å². The molecule has 0 aliphatic rings. The Morgan fingerprint density at radius 3 is 2.47 bits per heavy atom. The Hall–Kier alpha value is -1.16. The smallest absolute Gasteiger partial charge is 0.157 e. The lowest BCUT2D eigenvalue weighted by molar-refractivity contribution is -0.113. The van der Waals surface area contributed by atoms with Crippen LogP contribution in [0.25, 0.3) is 0 Å². The Labute approximate surface area is 92.1 Å². The van der Waals surface area contributed by atoms with Crippen LogP contribution in [0.1, 0.15) is 20.8 Å². The molecular formula is C11H21N3O. The largest absolute Gasteiger partial charge is 0.362 e. The standard InChI is InChI=1S/C11H21N3O/c1-9(10(2)15)8-13-11(3)14(5)7-6-12-4/h8,12H,6-7H2,1-5H3. The highest BCUT2D eigenvalue weighted by Gasteiger charge is 1.99. The molecule has 0 atom stereocenters. The first-order valence-corrected chi connectivity index (χ1v) is 5.07. The second kappa shape index (κ2) is 7.17. The molecule has 0 fully saturated rings. The number of allylic oxidation sites excluding steroid dienone is 1. The molecule has 0 bridgehead atoms. The third-order valence-electron chi connectivity index (χ3n) is 2.25. The molecule has 0 aromatic heterocycles. The van der Waals surface area contributed by atoms with Gasteiger partial charge in [-0.15, -0.1) is 0 Å². The lowest BCUT2D eigenvalue weighted by atomic mass is 10.2. The maximum atomic E-state index is 10.9. The Morgan fingerprint density at radius 1 is 1.40 bits per heavy atom. The van der Waals surface area contributed by atoms with Crippen LogP contribution in [0.15, 0.2) is 16.8 Å². The van der Waals surface area contributed by atoms with Gasteiger partial charge in [0.25, 0.3) is 0 Å². The van der Waals surface area contributed by atoms with Gasteiger partial charge in [0.1, 0.15) is 5.84 Å². The second-order valence-electron chi connectivity index (χ2n) is 3.57. The minimum Gasteiger partial charge on any atom is -0.362 e. The molecule has 86 valence electrons. The number of aliphatic imine (C=N–C) groups is 1. The van der Waals surface area contributed by atoms with Crippen molar-refractivity contribution < 1.29 is 4.79 Å². The first-order valence-electron chi connectivity index (χ1n) is 5.07. The number of rotatable bonds is 5. The number of Topliss-reactive ketones (excluding diaryl/α,β-unsaturated/α-hetero) is 1. The maximum Gasteiger partial charge on any atom is 0.157 e. The fourth-order valence-corrected chi connectivity index (χ4v) is 0.821. The van der Waals surface area contributed by atoms with Gasteiger partial charge >= 0.3 is 0 Å². The number of carbonyl (C=O) groups excluding carboxylic acids is 1. The van der Waals surface area contributed by atoms with Crippen molar-refractivity contribution in [1.29, 1.82) is 0 Å². The van der Waals surface area contributed by atoms with Crippen molar-refractivity contribution >= 4 is 11.6 Å². The van der Waals surface area contributed by atoms with Crippen molar-refractivity contribution in [3.63, 3.8) is 0 Å². The Kier molecular flexibility index (Phi) is 6.62. The van der Waals surface area contributed by atoms with Crippen LogP contribution in [0.4, 0.5) is 0 Å². The van der Waals surface area contributed by atoms with E-state index in [2.05, 4.69) is 10.3 Å². The van der Waals surface area contributed by atoms with Gasteiger partial charge in [-0.05, 0) is 27.8 Å². The SMILES string of the molecule is CNCCN(C)C(C)=NC=C(C)C(C)=O. The van der Waals surface area contributed by atoms with Gasteiger partial charge < -0.3 is 10.2 Å². The van der Waals surface area contributed by atoms with Crippen molar-refractivity contribution in [3.8, 4) is 0 Å². The summed E-state index contributed by atoms with van der Waals surface area (Å²) in [6, 6.07) is 0. The van der Waals surface area contributed by atoms with Gasteiger partial charge in [0, 0.05) is 31.9 Å². The van der Waals surface area contributed by atoms with Crippen molar-refractivity contribution in [1.82, 2.24) is 10.2 Å². The summed E-state index contributed by atoms with van der Waals surface area (Å²) in [7, 11) is 3.90. The minimum absolute atomic E-state index is 0.0597. The molecule has 0 aromatic carbocycles. The van der Waals surface area contributed by atoms with E-state index in [0.717, 1.165) is 18.9 Å². The van der Waals surface area contributed by atoms with Gasteiger partial charge in [0.15, 0.2) is 5.78 Å². The van der Waals surface area contributed by atoms with Crippen molar-refractivity contribution in [2.75, 3.05) is 27.2 Å². The van der Waals surface area contributed by atoms with E-state index in [9.17, 15) is 4.79 Å². The van der Waals surface area contributed by atoms with Crippen LogP contribution in [0.3, 0.4) is 0 Å². The van der Waals surface area contributed by atoms with Gasteiger partial charge in [-0.1, -0.05) is 0 Å². The second-order valence-corrected chi connectivity index (χ2v) is 3.57. The predicted octanol–water partition coefficient (Wildman–Crippen LogP) is 1.05. The highest BCUT2D eigenvalue weighted by molar-refractivity contribution is 5.93. The molecule has 0 saturated carbocycles. The van der Waals surface area contributed by atoms with Gasteiger partial charge in [-0.2, -0.15) is 0 Å². The Balaban J connectivity index is 4.30. The molecule has 4 nitrogen and oxygen atoms in total. The first-order chi connectivity index (χ1) is 6.99. The molecule has 0 aliphatic carbocycles. The normalized spacial score (nSPS) is 12.9. The summed E-state index contributed by atoms with van der Waals surface area (Å²) in [4.78, 5) is 17.2. The van der Waals surface area contributed by atoms with Crippen LogP contribution in [-0.4, -0.2) is 43.7 Å². The minimum atomic E-state index is 0.0597. The molecule has 0 unspecified atom stereocenters. The third kappa shape index (κ3) is 6.01. The molecule has 0 rings (SSSR count). The van der Waals surface area contributed by atoms with E-state index in [4.69, 9.17) is 0 Å². The summed E-state index contributed by atoms with van der Waals surface area (Å²) >= 11 is 0. The molecule has 1 N–H and O–H groups in total. The fourth-order valence-electron chi connectivity index (χ4n) is 0.821. The number of amidine groups is 1. The topological polar surface area (TPSA) is 44.7 Å². The zero-order valence-electron chi connectivity index (χ0n) is 10.3. The lowest BCUT2D eigenvalue weighted by Gasteiger charge is -2.17. The number of likely N-dealkylation sites (N-methyl/N-ethyl adjacent to an activating group) is 2. The van der Waals surface area contributed by atoms with Gasteiger partial charge in [0.05, 0.1) is 0 Å². The Morgan fingerprint density at radius 2 is 2.00 bits per heavy atom. The van der Waals surface area contributed by atoms with Crippen LogP contribution in [-0.2, 0) is 4.79 Å². The molecular weight excluding hydrogens is 190 g/mol. The van der Waals surface area contributed by atoms with Gasteiger partial charge in [0.2, 0.25) is 0 Å². The number of nitrogens with zero attached hydrogens (tertiary/aromatic N) is 2.